The molecule has 2 N–H and O–H groups in total. The van der Waals surface area contributed by atoms with E-state index in [2.05, 4.69) is 4.37 Å². The Balaban J connectivity index is 2.06. The van der Waals surface area contributed by atoms with Crippen molar-refractivity contribution in [1.29, 1.82) is 0 Å². The third-order valence-electron chi connectivity index (χ3n) is 3.25. The van der Waals surface area contributed by atoms with Crippen LogP contribution in [0.4, 0.5) is 10.1 Å². The Bertz CT molecular complexity index is 765. The van der Waals surface area contributed by atoms with E-state index in [0.29, 0.717) is 5.69 Å². The molecule has 3 rings (SSSR count). The van der Waals surface area contributed by atoms with Crippen LogP contribution < -0.4 is 5.73 Å². The van der Waals surface area contributed by atoms with Crippen LogP contribution >= 0.6 is 11.5 Å². The summed E-state index contributed by atoms with van der Waals surface area (Å²) in [4.78, 5) is 1.16. The topological polar surface area (TPSA) is 38.9 Å². The molecule has 1 heterocycles. The fourth-order valence-electron chi connectivity index (χ4n) is 2.23. The predicted molar refractivity (Wildman–Crippen MR) is 82.1 cm³/mol. The Labute approximate surface area is 120 Å². The average molecular weight is 284 g/mol. The Morgan fingerprint density at radius 3 is 2.50 bits per heavy atom. The molecular formula is C16H13FN2S. The number of rotatable bonds is 2. The number of aryl methyl sites for hydroxylation is 1. The van der Waals surface area contributed by atoms with Gasteiger partial charge in [-0.1, -0.05) is 24.3 Å². The van der Waals surface area contributed by atoms with Crippen molar-refractivity contribution in [3.05, 3.63) is 59.4 Å². The van der Waals surface area contributed by atoms with E-state index >= 15 is 0 Å². The van der Waals surface area contributed by atoms with E-state index in [-0.39, 0.29) is 5.82 Å². The molecule has 0 aliphatic carbocycles. The summed E-state index contributed by atoms with van der Waals surface area (Å²) in [5, 5.41) is 0. The first-order valence-corrected chi connectivity index (χ1v) is 6.99. The second-order valence-corrected chi connectivity index (χ2v) is 5.61. The lowest BCUT2D eigenvalue weighted by Gasteiger charge is -2.08. The van der Waals surface area contributed by atoms with Crippen LogP contribution in [0.3, 0.4) is 0 Å². The van der Waals surface area contributed by atoms with E-state index in [1.807, 2.05) is 37.4 Å². The predicted octanol–water partition coefficient (Wildman–Crippen LogP) is 4.51. The first-order chi connectivity index (χ1) is 9.65. The number of nitrogens with zero attached hydrogens (tertiary/aromatic N) is 1. The minimum Gasteiger partial charge on any atom is -0.398 e. The molecule has 2 aromatic carbocycles. The molecule has 0 unspecified atom stereocenters. The van der Waals surface area contributed by atoms with Crippen LogP contribution in [0.15, 0.2) is 48.7 Å². The second kappa shape index (κ2) is 5.06. The number of anilines is 1. The van der Waals surface area contributed by atoms with Crippen molar-refractivity contribution in [3.8, 4) is 22.3 Å². The van der Waals surface area contributed by atoms with Crippen molar-refractivity contribution in [2.45, 2.75) is 6.92 Å². The van der Waals surface area contributed by atoms with Crippen molar-refractivity contribution in [2.24, 2.45) is 0 Å². The summed E-state index contributed by atoms with van der Waals surface area (Å²) in [5.74, 6) is -0.260. The quantitative estimate of drug-likeness (QED) is 0.703. The highest BCUT2D eigenvalue weighted by Crippen LogP contribution is 2.32. The van der Waals surface area contributed by atoms with E-state index in [0.717, 1.165) is 27.1 Å². The molecule has 0 aliphatic rings. The van der Waals surface area contributed by atoms with Gasteiger partial charge in [-0.2, -0.15) is 0 Å². The van der Waals surface area contributed by atoms with Gasteiger partial charge in [-0.3, -0.25) is 0 Å². The van der Waals surface area contributed by atoms with Crippen LogP contribution in [0.2, 0.25) is 0 Å². The second-order valence-electron chi connectivity index (χ2n) is 4.61. The molecule has 100 valence electrons. The maximum atomic E-state index is 13.3. The van der Waals surface area contributed by atoms with E-state index in [9.17, 15) is 4.39 Å². The lowest BCUT2D eigenvalue weighted by molar-refractivity contribution is 0.628. The van der Waals surface area contributed by atoms with Gasteiger partial charge in [0.1, 0.15) is 5.82 Å². The number of hydrogen-bond donors (Lipinski definition) is 1. The SMILES string of the molecule is Cc1sncc1-c1ccc(-c2cccc(F)c2)c(N)c1. The van der Waals surface area contributed by atoms with Crippen molar-refractivity contribution >= 4 is 17.2 Å². The highest BCUT2D eigenvalue weighted by atomic mass is 32.1. The third-order valence-corrected chi connectivity index (χ3v) is 3.95. The molecule has 0 atom stereocenters. The standard InChI is InChI=1S/C16H13FN2S/c1-10-15(9-19-20-10)12-5-6-14(16(18)8-12)11-3-2-4-13(17)7-11/h2-9H,18H2,1H3. The first-order valence-electron chi connectivity index (χ1n) is 6.22. The van der Waals surface area contributed by atoms with Crippen LogP contribution in [0.1, 0.15) is 4.88 Å². The summed E-state index contributed by atoms with van der Waals surface area (Å²) in [6.07, 6.45) is 1.84. The van der Waals surface area contributed by atoms with Crippen molar-refractivity contribution in [3.63, 3.8) is 0 Å². The fraction of sp³-hybridized carbons (Fsp3) is 0.0625. The first kappa shape index (κ1) is 12.8. The molecule has 3 aromatic rings. The number of aromatic nitrogens is 1. The van der Waals surface area contributed by atoms with E-state index < -0.39 is 0 Å². The molecule has 0 amide bonds. The zero-order valence-electron chi connectivity index (χ0n) is 10.9. The molecule has 0 radical (unpaired) electrons. The molecule has 4 heteroatoms. The molecule has 1 aromatic heterocycles. The number of benzene rings is 2. The number of hydrogen-bond acceptors (Lipinski definition) is 3. The summed E-state index contributed by atoms with van der Waals surface area (Å²) in [5.41, 5.74) is 10.5. The van der Waals surface area contributed by atoms with Gasteiger partial charge < -0.3 is 5.73 Å². The van der Waals surface area contributed by atoms with E-state index in [1.165, 1.54) is 23.7 Å². The highest BCUT2D eigenvalue weighted by molar-refractivity contribution is 7.06. The molecule has 0 spiro atoms. The number of nitrogens with two attached hydrogens (primary N) is 1. The summed E-state index contributed by atoms with van der Waals surface area (Å²) in [7, 11) is 0. The Kier molecular flexibility index (Phi) is 3.24. The van der Waals surface area contributed by atoms with Crippen molar-refractivity contribution in [2.75, 3.05) is 5.73 Å². The largest absolute Gasteiger partial charge is 0.398 e. The minimum atomic E-state index is -0.260. The zero-order chi connectivity index (χ0) is 14.1. The van der Waals surface area contributed by atoms with Gasteiger partial charge in [-0.15, -0.1) is 0 Å². The maximum Gasteiger partial charge on any atom is 0.123 e. The minimum absolute atomic E-state index is 0.260. The number of nitrogen functional groups attached to an aromatic ring is 1. The maximum absolute atomic E-state index is 13.3. The van der Waals surface area contributed by atoms with Gasteiger partial charge in [0.25, 0.3) is 0 Å². The van der Waals surface area contributed by atoms with Gasteiger partial charge >= 0.3 is 0 Å². The molecule has 0 saturated carbocycles. The Hall–Kier alpha value is -2.20. The van der Waals surface area contributed by atoms with Crippen molar-refractivity contribution < 1.29 is 4.39 Å². The van der Waals surface area contributed by atoms with Gasteiger partial charge in [0.15, 0.2) is 0 Å². The van der Waals surface area contributed by atoms with Crippen LogP contribution in [0.5, 0.6) is 0 Å². The average Bonchev–Trinajstić information content (AvgIpc) is 2.85. The lowest BCUT2D eigenvalue weighted by atomic mass is 9.99. The molecule has 2 nitrogen and oxygen atoms in total. The van der Waals surface area contributed by atoms with Crippen LogP contribution in [-0.4, -0.2) is 4.37 Å². The lowest BCUT2D eigenvalue weighted by Crippen LogP contribution is -1.91. The summed E-state index contributed by atoms with van der Waals surface area (Å²) < 4.78 is 17.5. The summed E-state index contributed by atoms with van der Waals surface area (Å²) in [6, 6.07) is 12.3. The zero-order valence-corrected chi connectivity index (χ0v) is 11.7. The monoisotopic (exact) mass is 284 g/mol. The van der Waals surface area contributed by atoms with Gasteiger partial charge in [-0.05, 0) is 47.8 Å². The molecule has 0 saturated heterocycles. The van der Waals surface area contributed by atoms with Crippen LogP contribution in [0, 0.1) is 12.7 Å². The summed E-state index contributed by atoms with van der Waals surface area (Å²) in [6.45, 7) is 2.03. The van der Waals surface area contributed by atoms with E-state index in [4.69, 9.17) is 5.73 Å². The smallest absolute Gasteiger partial charge is 0.123 e. The normalized spacial score (nSPS) is 10.7. The fourth-order valence-corrected chi connectivity index (χ4v) is 2.81. The molecule has 0 aliphatic heterocycles. The Morgan fingerprint density at radius 1 is 1.05 bits per heavy atom. The van der Waals surface area contributed by atoms with Crippen molar-refractivity contribution in [1.82, 2.24) is 4.37 Å². The Morgan fingerprint density at radius 2 is 1.85 bits per heavy atom. The van der Waals surface area contributed by atoms with Gasteiger partial charge in [0.2, 0.25) is 0 Å². The van der Waals surface area contributed by atoms with Gasteiger partial charge in [-0.25, -0.2) is 8.76 Å². The van der Waals surface area contributed by atoms with Crippen LogP contribution in [0.25, 0.3) is 22.3 Å². The van der Waals surface area contributed by atoms with E-state index in [1.54, 1.807) is 6.07 Å². The molecule has 0 bridgehead atoms. The van der Waals surface area contributed by atoms with Crippen LogP contribution in [-0.2, 0) is 0 Å². The van der Waals surface area contributed by atoms with Gasteiger partial charge in [0.05, 0.1) is 0 Å². The number of halogens is 1. The third kappa shape index (κ3) is 2.30. The molecule has 0 fully saturated rings. The van der Waals surface area contributed by atoms with Gasteiger partial charge in [0, 0.05) is 27.9 Å². The molecule has 20 heavy (non-hydrogen) atoms. The summed E-state index contributed by atoms with van der Waals surface area (Å²) >= 11 is 1.47. The highest BCUT2D eigenvalue weighted by Gasteiger charge is 2.08. The molecular weight excluding hydrogens is 271 g/mol.